The molecule has 29 heavy (non-hydrogen) atoms. The van der Waals surface area contributed by atoms with E-state index in [1.54, 1.807) is 0 Å². The van der Waals surface area contributed by atoms with Crippen LogP contribution in [0.2, 0.25) is 0 Å². The van der Waals surface area contributed by atoms with E-state index in [2.05, 4.69) is 9.97 Å². The Balaban J connectivity index is 1.22. The Bertz CT molecular complexity index is 1160. The van der Waals surface area contributed by atoms with Gasteiger partial charge in [-0.25, -0.2) is 0 Å². The van der Waals surface area contributed by atoms with Crippen molar-refractivity contribution < 1.29 is 9.59 Å². The normalized spacial score (nSPS) is 14.6. The summed E-state index contributed by atoms with van der Waals surface area (Å²) in [6, 6.07) is 17.8. The fourth-order valence-corrected chi connectivity index (χ4v) is 4.07. The lowest BCUT2D eigenvalue weighted by molar-refractivity contribution is -0.131. The van der Waals surface area contributed by atoms with Gasteiger partial charge in [0, 0.05) is 54.2 Å². The van der Waals surface area contributed by atoms with Crippen molar-refractivity contribution in [1.29, 1.82) is 0 Å². The smallest absolute Gasteiger partial charge is 0.270 e. The summed E-state index contributed by atoms with van der Waals surface area (Å²) >= 11 is 0. The van der Waals surface area contributed by atoms with Crippen molar-refractivity contribution in [2.24, 2.45) is 0 Å². The number of para-hydroxylation sites is 2. The molecule has 0 atom stereocenters. The van der Waals surface area contributed by atoms with E-state index in [0.717, 1.165) is 27.4 Å². The fourth-order valence-electron chi connectivity index (χ4n) is 4.07. The van der Waals surface area contributed by atoms with Gasteiger partial charge in [0.15, 0.2) is 0 Å². The summed E-state index contributed by atoms with van der Waals surface area (Å²) in [5.41, 5.74) is 3.62. The van der Waals surface area contributed by atoms with Gasteiger partial charge < -0.3 is 19.8 Å². The second kappa shape index (κ2) is 7.13. The molecule has 0 unspecified atom stereocenters. The third-order valence-electron chi connectivity index (χ3n) is 5.70. The molecule has 4 aromatic rings. The number of hydrogen-bond acceptors (Lipinski definition) is 2. The third-order valence-corrected chi connectivity index (χ3v) is 5.70. The van der Waals surface area contributed by atoms with Crippen LogP contribution in [0.25, 0.3) is 21.8 Å². The molecule has 0 bridgehead atoms. The Morgan fingerprint density at radius 1 is 0.862 bits per heavy atom. The number of aromatic amines is 2. The number of hydrogen-bond donors (Lipinski definition) is 2. The topological polar surface area (TPSA) is 72.2 Å². The minimum atomic E-state index is -0.00933. The minimum absolute atomic E-state index is 0.00933. The molecule has 0 radical (unpaired) electrons. The molecule has 2 amide bonds. The average Bonchev–Trinajstić information content (AvgIpc) is 3.38. The highest BCUT2D eigenvalue weighted by Gasteiger charge is 2.26. The molecule has 6 heteroatoms. The summed E-state index contributed by atoms with van der Waals surface area (Å²) in [5.74, 6) is 0.0948. The van der Waals surface area contributed by atoms with E-state index in [1.165, 1.54) is 0 Å². The number of nitrogens with one attached hydrogen (secondary N) is 2. The Morgan fingerprint density at radius 2 is 1.55 bits per heavy atom. The lowest BCUT2D eigenvalue weighted by Gasteiger charge is -2.34. The predicted molar refractivity (Wildman–Crippen MR) is 113 cm³/mol. The first-order chi connectivity index (χ1) is 14.2. The molecule has 2 N–H and O–H groups in total. The van der Waals surface area contributed by atoms with Crippen molar-refractivity contribution in [3.8, 4) is 0 Å². The molecular formula is C23H22N4O2. The van der Waals surface area contributed by atoms with Gasteiger partial charge in [-0.1, -0.05) is 36.4 Å². The highest BCUT2D eigenvalue weighted by molar-refractivity contribution is 5.98. The average molecular weight is 386 g/mol. The van der Waals surface area contributed by atoms with E-state index in [0.29, 0.717) is 38.3 Å². The molecule has 2 aromatic heterocycles. The molecular weight excluding hydrogens is 364 g/mol. The molecule has 0 aliphatic carbocycles. The number of benzene rings is 2. The number of carbonyl (C=O) groups is 2. The van der Waals surface area contributed by atoms with E-state index in [4.69, 9.17) is 0 Å². The number of nitrogens with zero attached hydrogens (tertiary/aromatic N) is 2. The number of carbonyl (C=O) groups excluding carboxylic acids is 2. The maximum Gasteiger partial charge on any atom is 0.270 e. The van der Waals surface area contributed by atoms with Gasteiger partial charge in [-0.3, -0.25) is 9.59 Å². The molecule has 146 valence electrons. The molecule has 6 nitrogen and oxygen atoms in total. The second-order valence-electron chi connectivity index (χ2n) is 7.48. The summed E-state index contributed by atoms with van der Waals surface area (Å²) in [5, 5.41) is 2.12. The standard InChI is InChI=1S/C23H22N4O2/c28-22(14-17-15-24-20-8-4-2-6-18(17)20)26-9-11-27(12-10-26)23(29)21-13-16-5-1-3-7-19(16)25-21/h1-8,13,15,24-25H,9-12,14H2. The number of H-pyrrole nitrogens is 2. The lowest BCUT2D eigenvalue weighted by atomic mass is 10.1. The monoisotopic (exact) mass is 386 g/mol. The van der Waals surface area contributed by atoms with E-state index in [9.17, 15) is 9.59 Å². The van der Waals surface area contributed by atoms with Crippen LogP contribution in [-0.4, -0.2) is 57.8 Å². The third kappa shape index (κ3) is 3.27. The first-order valence-corrected chi connectivity index (χ1v) is 9.89. The Kier molecular flexibility index (Phi) is 4.31. The molecule has 1 fully saturated rings. The Hall–Kier alpha value is -3.54. The summed E-state index contributed by atoms with van der Waals surface area (Å²) in [6.45, 7) is 2.22. The van der Waals surface area contributed by atoms with E-state index >= 15 is 0 Å². The zero-order valence-corrected chi connectivity index (χ0v) is 16.0. The van der Waals surface area contributed by atoms with Crippen LogP contribution in [0.1, 0.15) is 16.1 Å². The van der Waals surface area contributed by atoms with Crippen LogP contribution in [0.3, 0.4) is 0 Å². The van der Waals surface area contributed by atoms with Crippen LogP contribution in [-0.2, 0) is 11.2 Å². The van der Waals surface area contributed by atoms with Crippen LogP contribution < -0.4 is 0 Å². The van der Waals surface area contributed by atoms with E-state index in [1.807, 2.05) is 70.6 Å². The highest BCUT2D eigenvalue weighted by Crippen LogP contribution is 2.20. The molecule has 1 aliphatic rings. The van der Waals surface area contributed by atoms with Gasteiger partial charge in [0.2, 0.25) is 5.91 Å². The van der Waals surface area contributed by atoms with Gasteiger partial charge in [-0.05, 0) is 23.8 Å². The van der Waals surface area contributed by atoms with Crippen molar-refractivity contribution >= 4 is 33.6 Å². The first-order valence-electron chi connectivity index (χ1n) is 9.89. The first kappa shape index (κ1) is 17.6. The van der Waals surface area contributed by atoms with Gasteiger partial charge >= 0.3 is 0 Å². The van der Waals surface area contributed by atoms with Crippen LogP contribution >= 0.6 is 0 Å². The van der Waals surface area contributed by atoms with Crippen molar-refractivity contribution in [2.45, 2.75) is 6.42 Å². The second-order valence-corrected chi connectivity index (χ2v) is 7.48. The van der Waals surface area contributed by atoms with Gasteiger partial charge in [-0.2, -0.15) is 0 Å². The van der Waals surface area contributed by atoms with Gasteiger partial charge in [-0.15, -0.1) is 0 Å². The van der Waals surface area contributed by atoms with Crippen LogP contribution in [0, 0.1) is 0 Å². The summed E-state index contributed by atoms with van der Waals surface area (Å²) in [7, 11) is 0. The zero-order valence-electron chi connectivity index (χ0n) is 16.0. The van der Waals surface area contributed by atoms with E-state index in [-0.39, 0.29) is 11.8 Å². The molecule has 1 saturated heterocycles. The van der Waals surface area contributed by atoms with Gasteiger partial charge in [0.1, 0.15) is 5.69 Å². The molecule has 1 aliphatic heterocycles. The predicted octanol–water partition coefficient (Wildman–Crippen LogP) is 3.18. The highest BCUT2D eigenvalue weighted by atomic mass is 16.2. The van der Waals surface area contributed by atoms with Gasteiger partial charge in [0.05, 0.1) is 6.42 Å². The molecule has 0 spiro atoms. The van der Waals surface area contributed by atoms with Crippen molar-refractivity contribution in [3.63, 3.8) is 0 Å². The molecule has 3 heterocycles. The summed E-state index contributed by atoms with van der Waals surface area (Å²) < 4.78 is 0. The molecule has 5 rings (SSSR count). The van der Waals surface area contributed by atoms with Crippen molar-refractivity contribution in [3.05, 3.63) is 72.1 Å². The number of aromatic nitrogens is 2. The SMILES string of the molecule is O=C(Cc1c[nH]c2ccccc12)N1CCN(C(=O)c2cc3ccccc3[nH]2)CC1. The Morgan fingerprint density at radius 3 is 2.34 bits per heavy atom. The van der Waals surface area contributed by atoms with Crippen LogP contribution in [0.4, 0.5) is 0 Å². The maximum absolute atomic E-state index is 12.8. The Labute approximate surface area is 168 Å². The van der Waals surface area contributed by atoms with Crippen LogP contribution in [0.15, 0.2) is 60.8 Å². The zero-order chi connectivity index (χ0) is 19.8. The lowest BCUT2D eigenvalue weighted by Crippen LogP contribution is -2.51. The fraction of sp³-hybridized carbons (Fsp3) is 0.217. The number of fused-ring (bicyclic) bond motifs is 2. The van der Waals surface area contributed by atoms with Crippen LogP contribution in [0.5, 0.6) is 0 Å². The summed E-state index contributed by atoms with van der Waals surface area (Å²) in [6.07, 6.45) is 2.29. The molecule has 2 aromatic carbocycles. The largest absolute Gasteiger partial charge is 0.361 e. The number of piperazine rings is 1. The van der Waals surface area contributed by atoms with E-state index < -0.39 is 0 Å². The summed E-state index contributed by atoms with van der Waals surface area (Å²) in [4.78, 5) is 35.7. The minimum Gasteiger partial charge on any atom is -0.361 e. The number of rotatable bonds is 3. The van der Waals surface area contributed by atoms with Crippen molar-refractivity contribution in [1.82, 2.24) is 19.8 Å². The van der Waals surface area contributed by atoms with Crippen molar-refractivity contribution in [2.75, 3.05) is 26.2 Å². The number of amides is 2. The quantitative estimate of drug-likeness (QED) is 0.568. The molecule has 0 saturated carbocycles. The maximum atomic E-state index is 12.8. The van der Waals surface area contributed by atoms with Gasteiger partial charge in [0.25, 0.3) is 5.91 Å².